The Hall–Kier alpha value is -1.62. The van der Waals surface area contributed by atoms with Crippen molar-refractivity contribution in [3.8, 4) is 0 Å². The van der Waals surface area contributed by atoms with Gasteiger partial charge in [0.05, 0.1) is 17.7 Å². The van der Waals surface area contributed by atoms with Gasteiger partial charge in [0.1, 0.15) is 5.82 Å². The monoisotopic (exact) mass is 266 g/mol. The van der Waals surface area contributed by atoms with Crippen LogP contribution in [0.5, 0.6) is 0 Å². The Kier molecular flexibility index (Phi) is 4.52. The normalized spacial score (nSPS) is 11.7. The van der Waals surface area contributed by atoms with Gasteiger partial charge in [0, 0.05) is 12.7 Å². The number of carbonyl (C=O) groups is 1. The highest BCUT2D eigenvalue weighted by molar-refractivity contribution is 5.88. The van der Waals surface area contributed by atoms with Crippen LogP contribution in [0.15, 0.2) is 12.1 Å². The Labute approximate surface area is 113 Å². The van der Waals surface area contributed by atoms with E-state index in [1.807, 2.05) is 27.7 Å². The van der Waals surface area contributed by atoms with Crippen LogP contribution in [-0.4, -0.2) is 40.4 Å². The van der Waals surface area contributed by atoms with Gasteiger partial charge in [0.15, 0.2) is 0 Å². The minimum atomic E-state index is -0.972. The molecule has 0 bridgehead atoms. The topological polar surface area (TPSA) is 73.7 Å². The largest absolute Gasteiger partial charge is 0.478 e. The number of nitrogens with zero attached hydrogens (tertiary/aromatic N) is 2. The average Bonchev–Trinajstić information content (AvgIpc) is 2.37. The summed E-state index contributed by atoms with van der Waals surface area (Å²) >= 11 is 0. The summed E-state index contributed by atoms with van der Waals surface area (Å²) in [5, 5.41) is 18.6. The number of hydrogen-bond acceptors (Lipinski definition) is 4. The summed E-state index contributed by atoms with van der Waals surface area (Å²) in [6, 6.07) is 3.13. The van der Waals surface area contributed by atoms with Gasteiger partial charge in [-0.25, -0.2) is 9.78 Å². The lowest BCUT2D eigenvalue weighted by Gasteiger charge is -2.35. The van der Waals surface area contributed by atoms with Gasteiger partial charge in [-0.2, -0.15) is 0 Å². The molecule has 0 unspecified atom stereocenters. The zero-order chi connectivity index (χ0) is 14.8. The first kappa shape index (κ1) is 15.4. The maximum absolute atomic E-state index is 11.2. The highest BCUT2D eigenvalue weighted by Crippen LogP contribution is 2.24. The Morgan fingerprint density at radius 1 is 1.42 bits per heavy atom. The smallest absolute Gasteiger partial charge is 0.335 e. The first-order chi connectivity index (χ1) is 8.69. The zero-order valence-electron chi connectivity index (χ0n) is 12.1. The molecule has 1 heterocycles. The zero-order valence-corrected chi connectivity index (χ0v) is 12.1. The Morgan fingerprint density at radius 3 is 2.42 bits per heavy atom. The molecule has 2 N–H and O–H groups in total. The highest BCUT2D eigenvalue weighted by atomic mass is 16.4. The van der Waals surface area contributed by atoms with E-state index in [0.29, 0.717) is 5.82 Å². The predicted molar refractivity (Wildman–Crippen MR) is 74.9 cm³/mol. The molecule has 1 rings (SSSR count). The van der Waals surface area contributed by atoms with E-state index in [0.717, 1.165) is 5.69 Å². The number of aromatic carboxylic acids is 1. The van der Waals surface area contributed by atoms with E-state index in [2.05, 4.69) is 4.98 Å². The second-order valence-corrected chi connectivity index (χ2v) is 5.63. The van der Waals surface area contributed by atoms with Crippen LogP contribution in [0.25, 0.3) is 0 Å². The molecule has 0 atom stereocenters. The number of aliphatic hydroxyl groups is 1. The quantitative estimate of drug-likeness (QED) is 0.854. The molecule has 106 valence electrons. The van der Waals surface area contributed by atoms with Crippen LogP contribution < -0.4 is 4.90 Å². The first-order valence-corrected chi connectivity index (χ1v) is 6.29. The number of pyridine rings is 1. The van der Waals surface area contributed by atoms with Crippen LogP contribution in [0.4, 0.5) is 5.82 Å². The van der Waals surface area contributed by atoms with Crippen LogP contribution >= 0.6 is 0 Å². The van der Waals surface area contributed by atoms with E-state index in [1.165, 1.54) is 6.07 Å². The molecule has 0 aliphatic heterocycles. The van der Waals surface area contributed by atoms with Crippen LogP contribution in [0.1, 0.15) is 49.7 Å². The van der Waals surface area contributed by atoms with Gasteiger partial charge in [-0.3, -0.25) is 0 Å². The van der Waals surface area contributed by atoms with Crippen LogP contribution in [0.2, 0.25) is 0 Å². The van der Waals surface area contributed by atoms with Crippen molar-refractivity contribution < 1.29 is 15.0 Å². The number of likely N-dealkylation sites (N-methyl/N-ethyl adjacent to an activating group) is 1. The minimum Gasteiger partial charge on any atom is -0.478 e. The number of aromatic nitrogens is 1. The van der Waals surface area contributed by atoms with Crippen molar-refractivity contribution in [3.05, 3.63) is 23.4 Å². The third-order valence-corrected chi connectivity index (χ3v) is 3.31. The molecule has 0 saturated carbocycles. The number of rotatable bonds is 5. The molecule has 19 heavy (non-hydrogen) atoms. The standard InChI is InChI=1S/C14H22N2O3/c1-9(2)11-6-10(13(18)19)7-12(15-11)16(5)14(3,4)8-17/h6-7,9,17H,8H2,1-5H3,(H,18,19). The summed E-state index contributed by atoms with van der Waals surface area (Å²) in [4.78, 5) is 17.5. The molecule has 0 aromatic carbocycles. The number of carboxylic acid groups (broad SMARTS) is 1. The number of anilines is 1. The van der Waals surface area contributed by atoms with E-state index in [4.69, 9.17) is 5.11 Å². The van der Waals surface area contributed by atoms with Crippen LogP contribution in [0, 0.1) is 0 Å². The number of carboxylic acids is 1. The third kappa shape index (κ3) is 3.44. The lowest BCUT2D eigenvalue weighted by molar-refractivity contribution is 0.0696. The van der Waals surface area contributed by atoms with Gasteiger partial charge < -0.3 is 15.1 Å². The van der Waals surface area contributed by atoms with E-state index < -0.39 is 11.5 Å². The van der Waals surface area contributed by atoms with Crippen molar-refractivity contribution in [2.24, 2.45) is 0 Å². The lowest BCUT2D eigenvalue weighted by atomic mass is 10.0. The van der Waals surface area contributed by atoms with E-state index in [1.54, 1.807) is 18.0 Å². The number of hydrogen-bond donors (Lipinski definition) is 2. The second-order valence-electron chi connectivity index (χ2n) is 5.63. The van der Waals surface area contributed by atoms with Crippen LogP contribution in [0.3, 0.4) is 0 Å². The minimum absolute atomic E-state index is 0.0422. The van der Waals surface area contributed by atoms with Gasteiger partial charge in [-0.15, -0.1) is 0 Å². The first-order valence-electron chi connectivity index (χ1n) is 6.29. The van der Waals surface area contributed by atoms with Crippen molar-refractivity contribution in [2.45, 2.75) is 39.2 Å². The molecule has 5 heteroatoms. The van der Waals surface area contributed by atoms with Crippen molar-refractivity contribution in [3.63, 3.8) is 0 Å². The summed E-state index contributed by atoms with van der Waals surface area (Å²) < 4.78 is 0. The molecule has 0 aliphatic rings. The molecule has 0 radical (unpaired) electrons. The predicted octanol–water partition coefficient (Wildman–Crippen LogP) is 2.11. The SMILES string of the molecule is CC(C)c1cc(C(=O)O)cc(N(C)C(C)(C)CO)n1. The second kappa shape index (κ2) is 5.57. The molecule has 0 spiro atoms. The molecule has 0 aliphatic carbocycles. The Morgan fingerprint density at radius 2 is 2.00 bits per heavy atom. The molecular weight excluding hydrogens is 244 g/mol. The number of aliphatic hydroxyl groups excluding tert-OH is 1. The average molecular weight is 266 g/mol. The molecule has 5 nitrogen and oxygen atoms in total. The highest BCUT2D eigenvalue weighted by Gasteiger charge is 2.25. The van der Waals surface area contributed by atoms with Gasteiger partial charge in [0.2, 0.25) is 0 Å². The summed E-state index contributed by atoms with van der Waals surface area (Å²) in [6.07, 6.45) is 0. The summed E-state index contributed by atoms with van der Waals surface area (Å²) in [6.45, 7) is 7.64. The molecule has 0 fully saturated rings. The lowest BCUT2D eigenvalue weighted by Crippen LogP contribution is -2.45. The Balaban J connectivity index is 3.31. The van der Waals surface area contributed by atoms with Gasteiger partial charge in [-0.1, -0.05) is 13.8 Å². The molecule has 0 saturated heterocycles. The van der Waals surface area contributed by atoms with Crippen LogP contribution in [-0.2, 0) is 0 Å². The summed E-state index contributed by atoms with van der Waals surface area (Å²) in [7, 11) is 1.80. The molecule has 0 amide bonds. The molecule has 1 aromatic rings. The van der Waals surface area contributed by atoms with Crippen molar-refractivity contribution in [1.29, 1.82) is 0 Å². The van der Waals surface area contributed by atoms with Crippen molar-refractivity contribution in [1.82, 2.24) is 4.98 Å². The van der Waals surface area contributed by atoms with Crippen molar-refractivity contribution in [2.75, 3.05) is 18.6 Å². The molecule has 1 aromatic heterocycles. The molecular formula is C14H22N2O3. The van der Waals surface area contributed by atoms with Gasteiger partial charge in [0.25, 0.3) is 0 Å². The fraction of sp³-hybridized carbons (Fsp3) is 0.571. The van der Waals surface area contributed by atoms with Gasteiger partial charge in [-0.05, 0) is 31.9 Å². The van der Waals surface area contributed by atoms with E-state index >= 15 is 0 Å². The van der Waals surface area contributed by atoms with Gasteiger partial charge >= 0.3 is 5.97 Å². The van der Waals surface area contributed by atoms with Crippen molar-refractivity contribution >= 4 is 11.8 Å². The van der Waals surface area contributed by atoms with E-state index in [-0.39, 0.29) is 18.1 Å². The van der Waals surface area contributed by atoms with E-state index in [9.17, 15) is 9.90 Å². The summed E-state index contributed by atoms with van der Waals surface area (Å²) in [5.41, 5.74) is 0.447. The fourth-order valence-electron chi connectivity index (χ4n) is 1.54. The maximum Gasteiger partial charge on any atom is 0.335 e. The maximum atomic E-state index is 11.2. The fourth-order valence-corrected chi connectivity index (χ4v) is 1.54. The third-order valence-electron chi connectivity index (χ3n) is 3.31. The Bertz CT molecular complexity index is 470. The summed E-state index contributed by atoms with van der Waals surface area (Å²) in [5.74, 6) is -0.271.